The first-order valence-electron chi connectivity index (χ1n) is 6.67. The van der Waals surface area contributed by atoms with E-state index in [1.807, 2.05) is 7.05 Å². The van der Waals surface area contributed by atoms with Gasteiger partial charge in [0.05, 0.1) is 19.8 Å². The molecule has 2 unspecified atom stereocenters. The van der Waals surface area contributed by atoms with Gasteiger partial charge in [0.1, 0.15) is 5.76 Å². The number of methoxy groups -OCH3 is 1. The molecule has 0 radical (unpaired) electrons. The zero-order chi connectivity index (χ0) is 13.8. The van der Waals surface area contributed by atoms with Crippen LogP contribution in [0.2, 0.25) is 0 Å². The maximum absolute atomic E-state index is 11.3. The summed E-state index contributed by atoms with van der Waals surface area (Å²) in [5.41, 5.74) is 0. The second-order valence-corrected chi connectivity index (χ2v) is 5.09. The van der Waals surface area contributed by atoms with E-state index in [4.69, 9.17) is 4.42 Å². The molecule has 1 N–H and O–H groups in total. The van der Waals surface area contributed by atoms with Crippen molar-refractivity contribution in [2.24, 2.45) is 0 Å². The summed E-state index contributed by atoms with van der Waals surface area (Å²) in [7, 11) is 3.30. The lowest BCUT2D eigenvalue weighted by Gasteiger charge is -2.34. The van der Waals surface area contributed by atoms with Crippen LogP contribution < -0.4 is 0 Å². The molecule has 1 aromatic heterocycles. The molecule has 0 spiro atoms. The summed E-state index contributed by atoms with van der Waals surface area (Å²) in [4.78, 5) is 13.4. The number of hydrogen-bond donors (Lipinski definition) is 1. The average molecular weight is 267 g/mol. The van der Waals surface area contributed by atoms with Crippen molar-refractivity contribution < 1.29 is 19.1 Å². The Morgan fingerprint density at radius 1 is 1.47 bits per heavy atom. The lowest BCUT2D eigenvalue weighted by atomic mass is 9.91. The number of nitrogens with zero attached hydrogens (tertiary/aromatic N) is 1. The lowest BCUT2D eigenvalue weighted by molar-refractivity contribution is 0.0257. The maximum Gasteiger partial charge on any atom is 0.373 e. The fraction of sp³-hybridized carbons (Fsp3) is 0.643. The molecular weight excluding hydrogens is 246 g/mol. The van der Waals surface area contributed by atoms with E-state index < -0.39 is 5.97 Å². The predicted molar refractivity (Wildman–Crippen MR) is 69.8 cm³/mol. The number of esters is 1. The summed E-state index contributed by atoms with van der Waals surface area (Å²) in [6.07, 6.45) is 3.84. The molecule has 106 valence electrons. The molecule has 19 heavy (non-hydrogen) atoms. The maximum atomic E-state index is 11.3. The molecule has 5 heteroatoms. The Labute approximate surface area is 113 Å². The number of furan rings is 1. The summed E-state index contributed by atoms with van der Waals surface area (Å²) in [6, 6.07) is 3.56. The van der Waals surface area contributed by atoms with Gasteiger partial charge in [-0.25, -0.2) is 4.79 Å². The Morgan fingerprint density at radius 3 is 2.89 bits per heavy atom. The monoisotopic (exact) mass is 267 g/mol. The molecular formula is C14H21NO4. The minimum Gasteiger partial charge on any atom is -0.463 e. The van der Waals surface area contributed by atoms with Crippen LogP contribution >= 0.6 is 0 Å². The number of aliphatic hydroxyl groups excluding tert-OH is 1. The van der Waals surface area contributed by atoms with Crippen LogP contribution in [0.4, 0.5) is 0 Å². The molecule has 1 aromatic rings. The zero-order valence-corrected chi connectivity index (χ0v) is 11.5. The van der Waals surface area contributed by atoms with Crippen molar-refractivity contribution in [3.05, 3.63) is 23.7 Å². The number of ether oxygens (including phenoxy) is 1. The lowest BCUT2D eigenvalue weighted by Crippen LogP contribution is -2.42. The fourth-order valence-corrected chi connectivity index (χ4v) is 2.64. The Bertz CT molecular complexity index is 429. The average Bonchev–Trinajstić information content (AvgIpc) is 2.86. The number of likely N-dealkylation sites (N-methyl/N-ethyl adjacent to an activating group) is 1. The molecule has 0 amide bonds. The Kier molecular flexibility index (Phi) is 4.61. The molecule has 1 aliphatic carbocycles. The van der Waals surface area contributed by atoms with Crippen LogP contribution in [0.15, 0.2) is 16.5 Å². The summed E-state index contributed by atoms with van der Waals surface area (Å²) in [5, 5.41) is 10.0. The third kappa shape index (κ3) is 3.36. The zero-order valence-electron chi connectivity index (χ0n) is 11.5. The third-order valence-electron chi connectivity index (χ3n) is 3.71. The molecule has 0 aromatic carbocycles. The highest BCUT2D eigenvalue weighted by Gasteiger charge is 2.27. The highest BCUT2D eigenvalue weighted by atomic mass is 16.5. The molecule has 0 saturated heterocycles. The van der Waals surface area contributed by atoms with Crippen molar-refractivity contribution >= 4 is 5.97 Å². The van der Waals surface area contributed by atoms with E-state index in [0.717, 1.165) is 25.7 Å². The van der Waals surface area contributed by atoms with Crippen LogP contribution in [0.1, 0.15) is 42.0 Å². The number of aliphatic hydroxyl groups is 1. The van der Waals surface area contributed by atoms with Crippen molar-refractivity contribution in [2.45, 2.75) is 44.4 Å². The van der Waals surface area contributed by atoms with Gasteiger partial charge in [-0.3, -0.25) is 4.90 Å². The van der Waals surface area contributed by atoms with Gasteiger partial charge in [-0.05, 0) is 32.0 Å². The van der Waals surface area contributed by atoms with Gasteiger partial charge >= 0.3 is 5.97 Å². The topological polar surface area (TPSA) is 62.9 Å². The minimum atomic E-state index is -0.466. The highest BCUT2D eigenvalue weighted by molar-refractivity contribution is 5.86. The van der Waals surface area contributed by atoms with E-state index in [2.05, 4.69) is 9.64 Å². The van der Waals surface area contributed by atoms with Crippen molar-refractivity contribution in [3.63, 3.8) is 0 Å². The van der Waals surface area contributed by atoms with Crippen LogP contribution in [-0.2, 0) is 11.3 Å². The summed E-state index contributed by atoms with van der Waals surface area (Å²) < 4.78 is 10.0. The number of carbonyl (C=O) groups is 1. The van der Waals surface area contributed by atoms with Gasteiger partial charge in [-0.15, -0.1) is 0 Å². The van der Waals surface area contributed by atoms with Crippen molar-refractivity contribution in [3.8, 4) is 0 Å². The fourth-order valence-electron chi connectivity index (χ4n) is 2.64. The van der Waals surface area contributed by atoms with Crippen LogP contribution in [0.5, 0.6) is 0 Å². The number of hydrogen-bond acceptors (Lipinski definition) is 5. The summed E-state index contributed by atoms with van der Waals surface area (Å²) in [6.45, 7) is 0.582. The van der Waals surface area contributed by atoms with Crippen molar-refractivity contribution in [2.75, 3.05) is 14.2 Å². The van der Waals surface area contributed by atoms with E-state index in [1.54, 1.807) is 12.1 Å². The quantitative estimate of drug-likeness (QED) is 0.843. The largest absolute Gasteiger partial charge is 0.463 e. The van der Waals surface area contributed by atoms with Crippen molar-refractivity contribution in [1.29, 1.82) is 0 Å². The Morgan fingerprint density at radius 2 is 2.21 bits per heavy atom. The van der Waals surface area contributed by atoms with Gasteiger partial charge in [0.2, 0.25) is 5.76 Å². The van der Waals surface area contributed by atoms with Gasteiger partial charge in [0.25, 0.3) is 0 Å². The van der Waals surface area contributed by atoms with Crippen molar-refractivity contribution in [1.82, 2.24) is 4.90 Å². The molecule has 1 fully saturated rings. The van der Waals surface area contributed by atoms with Gasteiger partial charge in [0, 0.05) is 6.04 Å². The van der Waals surface area contributed by atoms with Crippen LogP contribution in [-0.4, -0.2) is 42.3 Å². The molecule has 2 atom stereocenters. The van der Waals surface area contributed by atoms with E-state index in [0.29, 0.717) is 12.3 Å². The molecule has 5 nitrogen and oxygen atoms in total. The number of carbonyl (C=O) groups excluding carboxylic acids is 1. The highest BCUT2D eigenvalue weighted by Crippen LogP contribution is 2.24. The van der Waals surface area contributed by atoms with E-state index in [-0.39, 0.29) is 17.9 Å². The first-order valence-corrected chi connectivity index (χ1v) is 6.67. The van der Waals surface area contributed by atoms with Crippen LogP contribution in [0, 0.1) is 0 Å². The summed E-state index contributed by atoms with van der Waals surface area (Å²) >= 11 is 0. The van der Waals surface area contributed by atoms with Crippen LogP contribution in [0.25, 0.3) is 0 Å². The first-order chi connectivity index (χ1) is 9.11. The molecule has 2 rings (SSSR count). The van der Waals surface area contributed by atoms with Crippen LogP contribution in [0.3, 0.4) is 0 Å². The normalized spacial score (nSPS) is 23.6. The van der Waals surface area contributed by atoms with Gasteiger partial charge in [-0.2, -0.15) is 0 Å². The molecule has 1 saturated carbocycles. The Hall–Kier alpha value is -1.33. The van der Waals surface area contributed by atoms with E-state index >= 15 is 0 Å². The first kappa shape index (κ1) is 14.1. The molecule has 1 aliphatic rings. The van der Waals surface area contributed by atoms with E-state index in [1.165, 1.54) is 7.11 Å². The SMILES string of the molecule is COC(=O)c1ccc(CN(C)C2CCCCC2O)o1. The van der Waals surface area contributed by atoms with Gasteiger partial charge in [-0.1, -0.05) is 12.8 Å². The molecule has 1 heterocycles. The minimum absolute atomic E-state index is 0.167. The van der Waals surface area contributed by atoms with E-state index in [9.17, 15) is 9.90 Å². The summed E-state index contributed by atoms with van der Waals surface area (Å²) in [5.74, 6) is 0.461. The smallest absolute Gasteiger partial charge is 0.373 e. The molecule has 0 bridgehead atoms. The third-order valence-corrected chi connectivity index (χ3v) is 3.71. The molecule has 0 aliphatic heterocycles. The number of rotatable bonds is 4. The Balaban J connectivity index is 1.96. The predicted octanol–water partition coefficient (Wildman–Crippen LogP) is 1.80. The van der Waals surface area contributed by atoms with Gasteiger partial charge < -0.3 is 14.3 Å². The second-order valence-electron chi connectivity index (χ2n) is 5.09. The second kappa shape index (κ2) is 6.21. The van der Waals surface area contributed by atoms with Gasteiger partial charge in [0.15, 0.2) is 0 Å². The standard InChI is InChI=1S/C14H21NO4/c1-15(11-5-3-4-6-12(11)16)9-10-7-8-13(19-10)14(17)18-2/h7-8,11-12,16H,3-6,9H2,1-2H3.